The molecule has 0 aliphatic carbocycles. The van der Waals surface area contributed by atoms with Crippen LogP contribution in [0.15, 0.2) is 65.0 Å². The highest BCUT2D eigenvalue weighted by molar-refractivity contribution is 5.62. The molecule has 0 saturated carbocycles. The van der Waals surface area contributed by atoms with Crippen LogP contribution in [0.2, 0.25) is 0 Å². The van der Waals surface area contributed by atoms with E-state index < -0.39 is 0 Å². The summed E-state index contributed by atoms with van der Waals surface area (Å²) in [6.45, 7) is 5.91. The number of benzene rings is 1. The number of nitrogens with two attached hydrogens (primary N) is 1. The molecule has 1 aromatic carbocycles. The zero-order chi connectivity index (χ0) is 22.2. The normalized spacial score (nSPS) is 14.1. The van der Waals surface area contributed by atoms with Gasteiger partial charge in [0.2, 0.25) is 5.88 Å². The third kappa shape index (κ3) is 6.01. The molecule has 2 N–H and O–H groups in total. The fourth-order valence-corrected chi connectivity index (χ4v) is 3.43. The van der Waals surface area contributed by atoms with E-state index in [4.69, 9.17) is 15.2 Å². The maximum Gasteiger partial charge on any atom is 0.215 e. The van der Waals surface area contributed by atoms with Crippen molar-refractivity contribution < 1.29 is 9.47 Å². The van der Waals surface area contributed by atoms with Gasteiger partial charge in [-0.15, -0.1) is 0 Å². The molecule has 3 heterocycles. The van der Waals surface area contributed by atoms with E-state index in [9.17, 15) is 0 Å². The number of nitrogen functional groups attached to an aromatic ring is 1. The standard InChI is InChI=1S/C24H28N6O2/c1-18-5-6-22(25)23(14-18)29-27-17-20-15-21(30-9-12-31-13-10-30)16-24(28-20)32-11-7-19-4-2-3-8-26-19/h2-6,8,14-16H,7,9-13,17,25H2,1H3. The summed E-state index contributed by atoms with van der Waals surface area (Å²) in [7, 11) is 0. The Morgan fingerprint density at radius 2 is 1.97 bits per heavy atom. The SMILES string of the molecule is Cc1ccc(N)c(N=NCc2cc(N3CCOCC3)cc(OCCc3ccccn3)n2)c1. The first-order valence-corrected chi connectivity index (χ1v) is 10.8. The van der Waals surface area contributed by atoms with Crippen LogP contribution in [-0.4, -0.2) is 42.9 Å². The van der Waals surface area contributed by atoms with Gasteiger partial charge in [-0.25, -0.2) is 4.98 Å². The Labute approximate surface area is 188 Å². The summed E-state index contributed by atoms with van der Waals surface area (Å²) in [5.41, 5.74) is 11.2. The molecule has 166 valence electrons. The molecular formula is C24H28N6O2. The minimum Gasteiger partial charge on any atom is -0.477 e. The van der Waals surface area contributed by atoms with Gasteiger partial charge in [0.15, 0.2) is 0 Å². The Morgan fingerprint density at radius 3 is 2.78 bits per heavy atom. The molecule has 0 amide bonds. The second kappa shape index (κ2) is 10.7. The summed E-state index contributed by atoms with van der Waals surface area (Å²) in [5, 5.41) is 8.66. The van der Waals surface area contributed by atoms with E-state index in [1.54, 1.807) is 6.20 Å². The molecule has 0 radical (unpaired) electrons. The van der Waals surface area contributed by atoms with E-state index in [1.165, 1.54) is 0 Å². The van der Waals surface area contributed by atoms with Crippen molar-refractivity contribution in [1.82, 2.24) is 9.97 Å². The molecule has 8 nitrogen and oxygen atoms in total. The third-order valence-electron chi connectivity index (χ3n) is 5.15. The fraction of sp³-hybridized carbons (Fsp3) is 0.333. The van der Waals surface area contributed by atoms with Gasteiger partial charge in [0.1, 0.15) is 12.2 Å². The molecule has 4 rings (SSSR count). The van der Waals surface area contributed by atoms with Crippen molar-refractivity contribution in [3.63, 3.8) is 0 Å². The third-order valence-corrected chi connectivity index (χ3v) is 5.15. The van der Waals surface area contributed by atoms with Crippen molar-refractivity contribution in [3.05, 3.63) is 71.7 Å². The Bertz CT molecular complexity index is 1050. The molecule has 8 heteroatoms. The predicted octanol–water partition coefficient (Wildman–Crippen LogP) is 4.11. The van der Waals surface area contributed by atoms with Crippen molar-refractivity contribution >= 4 is 17.1 Å². The van der Waals surface area contributed by atoms with Crippen LogP contribution >= 0.6 is 0 Å². The first-order chi connectivity index (χ1) is 15.7. The molecular weight excluding hydrogens is 404 g/mol. The summed E-state index contributed by atoms with van der Waals surface area (Å²) in [6, 6.07) is 15.6. The van der Waals surface area contributed by atoms with Crippen LogP contribution in [0.3, 0.4) is 0 Å². The lowest BCUT2D eigenvalue weighted by Gasteiger charge is -2.29. The average Bonchev–Trinajstić information content (AvgIpc) is 2.82. The van der Waals surface area contributed by atoms with Gasteiger partial charge in [-0.1, -0.05) is 12.1 Å². The molecule has 0 atom stereocenters. The van der Waals surface area contributed by atoms with Gasteiger partial charge in [-0.2, -0.15) is 10.2 Å². The summed E-state index contributed by atoms with van der Waals surface area (Å²) in [4.78, 5) is 11.3. The van der Waals surface area contributed by atoms with Crippen molar-refractivity contribution in [1.29, 1.82) is 0 Å². The van der Waals surface area contributed by atoms with Crippen molar-refractivity contribution in [3.8, 4) is 5.88 Å². The summed E-state index contributed by atoms with van der Waals surface area (Å²) < 4.78 is 11.5. The van der Waals surface area contributed by atoms with Crippen molar-refractivity contribution in [2.45, 2.75) is 19.9 Å². The first-order valence-electron chi connectivity index (χ1n) is 10.8. The average molecular weight is 433 g/mol. The van der Waals surface area contributed by atoms with Crippen LogP contribution in [-0.2, 0) is 17.7 Å². The number of morpholine rings is 1. The smallest absolute Gasteiger partial charge is 0.215 e. The van der Waals surface area contributed by atoms with Crippen LogP contribution in [0.1, 0.15) is 17.0 Å². The minimum atomic E-state index is 0.335. The largest absolute Gasteiger partial charge is 0.477 e. The van der Waals surface area contributed by atoms with E-state index in [1.807, 2.05) is 55.5 Å². The number of nitrogens with zero attached hydrogens (tertiary/aromatic N) is 5. The molecule has 0 spiro atoms. The van der Waals surface area contributed by atoms with Gasteiger partial charge in [-0.05, 0) is 42.8 Å². The van der Waals surface area contributed by atoms with E-state index in [-0.39, 0.29) is 0 Å². The Hall–Kier alpha value is -3.52. The molecule has 3 aromatic rings. The highest BCUT2D eigenvalue weighted by atomic mass is 16.5. The van der Waals surface area contributed by atoms with Gasteiger partial charge in [0.05, 0.1) is 31.2 Å². The number of hydrogen-bond acceptors (Lipinski definition) is 8. The zero-order valence-corrected chi connectivity index (χ0v) is 18.3. The zero-order valence-electron chi connectivity index (χ0n) is 18.3. The number of aromatic nitrogens is 2. The molecule has 0 bridgehead atoms. The number of aryl methyl sites for hydroxylation is 1. The molecule has 0 unspecified atom stereocenters. The van der Waals surface area contributed by atoms with Gasteiger partial charge >= 0.3 is 0 Å². The first kappa shape index (κ1) is 21.7. The lowest BCUT2D eigenvalue weighted by molar-refractivity contribution is 0.122. The number of ether oxygens (including phenoxy) is 2. The molecule has 1 fully saturated rings. The summed E-state index contributed by atoms with van der Waals surface area (Å²) in [6.07, 6.45) is 2.50. The quantitative estimate of drug-likeness (QED) is 0.425. The van der Waals surface area contributed by atoms with Crippen molar-refractivity contribution in [2.24, 2.45) is 10.2 Å². The van der Waals surface area contributed by atoms with Gasteiger partial charge in [0.25, 0.3) is 0 Å². The number of anilines is 2. The van der Waals surface area contributed by atoms with Gasteiger partial charge < -0.3 is 20.1 Å². The van der Waals surface area contributed by atoms with Crippen LogP contribution < -0.4 is 15.4 Å². The maximum atomic E-state index is 6.00. The topological polar surface area (TPSA) is 98.2 Å². The summed E-state index contributed by atoms with van der Waals surface area (Å²) >= 11 is 0. The Balaban J connectivity index is 1.48. The number of pyridine rings is 2. The second-order valence-electron chi connectivity index (χ2n) is 7.64. The number of hydrogen-bond donors (Lipinski definition) is 1. The minimum absolute atomic E-state index is 0.335. The van der Waals surface area contributed by atoms with E-state index >= 15 is 0 Å². The monoisotopic (exact) mass is 432 g/mol. The van der Waals surface area contributed by atoms with Gasteiger partial charge in [0, 0.05) is 43.2 Å². The predicted molar refractivity (Wildman–Crippen MR) is 125 cm³/mol. The number of azo groups is 1. The molecule has 1 saturated heterocycles. The van der Waals surface area contributed by atoms with E-state index in [0.717, 1.165) is 35.7 Å². The highest BCUT2D eigenvalue weighted by Gasteiger charge is 2.14. The van der Waals surface area contributed by atoms with Crippen LogP contribution in [0, 0.1) is 6.92 Å². The Kier molecular flexibility index (Phi) is 7.24. The molecule has 1 aliphatic rings. The molecule has 32 heavy (non-hydrogen) atoms. The summed E-state index contributed by atoms with van der Waals surface area (Å²) in [5.74, 6) is 0.574. The lowest BCUT2D eigenvalue weighted by Crippen LogP contribution is -2.36. The van der Waals surface area contributed by atoms with E-state index in [2.05, 4.69) is 25.1 Å². The Morgan fingerprint density at radius 1 is 1.09 bits per heavy atom. The van der Waals surface area contributed by atoms with Crippen molar-refractivity contribution in [2.75, 3.05) is 43.5 Å². The van der Waals surface area contributed by atoms with Crippen LogP contribution in [0.4, 0.5) is 17.1 Å². The fourth-order valence-electron chi connectivity index (χ4n) is 3.43. The van der Waals surface area contributed by atoms with E-state index in [0.29, 0.717) is 50.0 Å². The number of rotatable bonds is 8. The van der Waals surface area contributed by atoms with Gasteiger partial charge in [-0.3, -0.25) is 4.98 Å². The highest BCUT2D eigenvalue weighted by Crippen LogP contribution is 2.25. The maximum absolute atomic E-state index is 6.00. The van der Waals surface area contributed by atoms with Crippen LogP contribution in [0.5, 0.6) is 5.88 Å². The molecule has 2 aromatic heterocycles. The molecule has 1 aliphatic heterocycles. The lowest BCUT2D eigenvalue weighted by atomic mass is 10.2. The second-order valence-corrected chi connectivity index (χ2v) is 7.64. The van der Waals surface area contributed by atoms with Crippen LogP contribution in [0.25, 0.3) is 0 Å².